The number of amides is 1. The molecule has 1 aromatic rings. The Morgan fingerprint density at radius 3 is 2.53 bits per heavy atom. The number of sulfone groups is 1. The standard InChI is InChI=1S/C12H19BrN2O3S/c1-5-15-7-9(13)6-10(15)11(16)14-8-12(2,3)19(4,17)18/h6-7H,5,8H2,1-4H3,(H,14,16). The predicted molar refractivity (Wildman–Crippen MR) is 79.1 cm³/mol. The first-order valence-corrected chi connectivity index (χ1v) is 8.60. The Bertz CT molecular complexity index is 576. The normalized spacial score (nSPS) is 12.5. The first-order chi connectivity index (χ1) is 8.58. The van der Waals surface area contributed by atoms with E-state index in [0.29, 0.717) is 12.2 Å². The molecule has 1 rings (SSSR count). The van der Waals surface area contributed by atoms with Crippen molar-refractivity contribution in [3.05, 3.63) is 22.4 Å². The second-order valence-corrected chi connectivity index (χ2v) is 8.61. The molecule has 1 amide bonds. The largest absolute Gasteiger partial charge is 0.349 e. The summed E-state index contributed by atoms with van der Waals surface area (Å²) in [6.45, 7) is 5.87. The summed E-state index contributed by atoms with van der Waals surface area (Å²) in [6.07, 6.45) is 2.99. The van der Waals surface area contributed by atoms with Crippen molar-refractivity contribution in [2.75, 3.05) is 12.8 Å². The van der Waals surface area contributed by atoms with Crippen LogP contribution in [0.2, 0.25) is 0 Å². The van der Waals surface area contributed by atoms with Gasteiger partial charge in [0.1, 0.15) is 5.69 Å². The zero-order valence-corrected chi connectivity index (χ0v) is 13.9. The zero-order chi connectivity index (χ0) is 14.8. The van der Waals surface area contributed by atoms with Gasteiger partial charge in [-0.1, -0.05) is 0 Å². The van der Waals surface area contributed by atoms with Crippen LogP contribution in [0.4, 0.5) is 0 Å². The van der Waals surface area contributed by atoms with E-state index in [1.54, 1.807) is 24.5 Å². The molecule has 19 heavy (non-hydrogen) atoms. The lowest BCUT2D eigenvalue weighted by molar-refractivity contribution is 0.0941. The van der Waals surface area contributed by atoms with Crippen LogP contribution in [0.3, 0.4) is 0 Å². The molecule has 5 nitrogen and oxygen atoms in total. The van der Waals surface area contributed by atoms with Crippen molar-refractivity contribution in [3.63, 3.8) is 0 Å². The molecule has 108 valence electrons. The van der Waals surface area contributed by atoms with Crippen LogP contribution < -0.4 is 5.32 Å². The highest BCUT2D eigenvalue weighted by Gasteiger charge is 2.30. The fraction of sp³-hybridized carbons (Fsp3) is 0.583. The van der Waals surface area contributed by atoms with E-state index in [-0.39, 0.29) is 12.5 Å². The van der Waals surface area contributed by atoms with E-state index in [9.17, 15) is 13.2 Å². The Hall–Kier alpha value is -0.820. The number of nitrogens with one attached hydrogen (secondary N) is 1. The van der Waals surface area contributed by atoms with E-state index >= 15 is 0 Å². The van der Waals surface area contributed by atoms with Gasteiger partial charge in [-0.05, 0) is 42.8 Å². The van der Waals surface area contributed by atoms with Crippen molar-refractivity contribution in [1.82, 2.24) is 9.88 Å². The summed E-state index contributed by atoms with van der Waals surface area (Å²) in [5.74, 6) is -0.274. The number of carbonyl (C=O) groups excluding carboxylic acids is 1. The molecule has 1 heterocycles. The number of aromatic nitrogens is 1. The first kappa shape index (κ1) is 16.2. The molecule has 0 aromatic carbocycles. The molecule has 7 heteroatoms. The molecule has 0 aliphatic rings. The quantitative estimate of drug-likeness (QED) is 0.880. The summed E-state index contributed by atoms with van der Waals surface area (Å²) in [4.78, 5) is 12.1. The van der Waals surface area contributed by atoms with Gasteiger partial charge in [0.25, 0.3) is 5.91 Å². The van der Waals surface area contributed by atoms with Gasteiger partial charge in [-0.2, -0.15) is 0 Å². The van der Waals surface area contributed by atoms with Gasteiger partial charge >= 0.3 is 0 Å². The van der Waals surface area contributed by atoms with E-state index in [1.165, 1.54) is 6.26 Å². The van der Waals surface area contributed by atoms with Crippen LogP contribution in [0.25, 0.3) is 0 Å². The van der Waals surface area contributed by atoms with Crippen molar-refractivity contribution < 1.29 is 13.2 Å². The molecule has 0 radical (unpaired) electrons. The lowest BCUT2D eigenvalue weighted by atomic mass is 10.2. The summed E-state index contributed by atoms with van der Waals surface area (Å²) in [5, 5.41) is 2.67. The number of hydrogen-bond acceptors (Lipinski definition) is 3. The smallest absolute Gasteiger partial charge is 0.267 e. The van der Waals surface area contributed by atoms with Crippen molar-refractivity contribution in [2.45, 2.75) is 32.1 Å². The average Bonchev–Trinajstić information content (AvgIpc) is 2.66. The van der Waals surface area contributed by atoms with Crippen LogP contribution in [0.1, 0.15) is 31.3 Å². The first-order valence-electron chi connectivity index (χ1n) is 5.92. The Morgan fingerprint density at radius 2 is 2.05 bits per heavy atom. The topological polar surface area (TPSA) is 68.2 Å². The van der Waals surface area contributed by atoms with E-state index in [0.717, 1.165) is 4.47 Å². The Labute approximate surface area is 122 Å². The van der Waals surface area contributed by atoms with Gasteiger partial charge in [0.05, 0.1) is 4.75 Å². The van der Waals surface area contributed by atoms with Gasteiger partial charge in [0, 0.05) is 30.0 Å². The molecule has 1 N–H and O–H groups in total. The molecular formula is C12H19BrN2O3S. The second-order valence-electron chi connectivity index (χ2n) is 5.04. The minimum atomic E-state index is -3.22. The molecule has 1 aromatic heterocycles. The number of halogens is 1. The Balaban J connectivity index is 2.82. The molecule has 0 aliphatic carbocycles. The SMILES string of the molecule is CCn1cc(Br)cc1C(=O)NCC(C)(C)S(C)(=O)=O. The second kappa shape index (κ2) is 5.66. The summed E-state index contributed by atoms with van der Waals surface area (Å²) in [7, 11) is -3.22. The highest BCUT2D eigenvalue weighted by Crippen LogP contribution is 2.16. The minimum absolute atomic E-state index is 0.0805. The van der Waals surface area contributed by atoms with Crippen LogP contribution in [-0.4, -0.2) is 36.4 Å². The maximum atomic E-state index is 12.1. The maximum absolute atomic E-state index is 12.1. The number of carbonyl (C=O) groups is 1. The molecular weight excluding hydrogens is 332 g/mol. The van der Waals surface area contributed by atoms with Crippen LogP contribution in [0.15, 0.2) is 16.7 Å². The number of nitrogens with zero attached hydrogens (tertiary/aromatic N) is 1. The van der Waals surface area contributed by atoms with Gasteiger partial charge in [-0.3, -0.25) is 4.79 Å². The fourth-order valence-electron chi connectivity index (χ4n) is 1.44. The van der Waals surface area contributed by atoms with Crippen LogP contribution in [0.5, 0.6) is 0 Å². The van der Waals surface area contributed by atoms with E-state index in [2.05, 4.69) is 21.2 Å². The minimum Gasteiger partial charge on any atom is -0.349 e. The summed E-state index contributed by atoms with van der Waals surface area (Å²) < 4.78 is 24.8. The molecule has 0 bridgehead atoms. The van der Waals surface area contributed by atoms with Gasteiger partial charge in [0.2, 0.25) is 0 Å². The third-order valence-corrected chi connectivity index (χ3v) is 5.70. The van der Waals surface area contributed by atoms with Crippen molar-refractivity contribution in [1.29, 1.82) is 0 Å². The molecule has 0 atom stereocenters. The van der Waals surface area contributed by atoms with E-state index in [1.807, 2.05) is 13.1 Å². The monoisotopic (exact) mass is 350 g/mol. The summed E-state index contributed by atoms with van der Waals surface area (Å²) in [6, 6.07) is 1.71. The number of rotatable bonds is 5. The van der Waals surface area contributed by atoms with E-state index < -0.39 is 14.6 Å². The number of hydrogen-bond donors (Lipinski definition) is 1. The maximum Gasteiger partial charge on any atom is 0.267 e. The lowest BCUT2D eigenvalue weighted by Gasteiger charge is -2.22. The van der Waals surface area contributed by atoms with Crippen molar-refractivity contribution in [3.8, 4) is 0 Å². The number of aryl methyl sites for hydroxylation is 1. The van der Waals surface area contributed by atoms with E-state index in [4.69, 9.17) is 0 Å². The molecule has 0 unspecified atom stereocenters. The summed E-state index contributed by atoms with van der Waals surface area (Å²) in [5.41, 5.74) is 0.513. The summed E-state index contributed by atoms with van der Waals surface area (Å²) >= 11 is 3.32. The Kier molecular flexibility index (Phi) is 4.84. The van der Waals surface area contributed by atoms with Gasteiger partial charge in [-0.25, -0.2) is 8.42 Å². The molecule has 0 saturated carbocycles. The fourth-order valence-corrected chi connectivity index (χ4v) is 2.24. The predicted octanol–water partition coefficient (Wildman–Crippen LogP) is 1.82. The average molecular weight is 351 g/mol. The van der Waals surface area contributed by atoms with Crippen LogP contribution >= 0.6 is 15.9 Å². The third kappa shape index (κ3) is 3.82. The van der Waals surface area contributed by atoms with Crippen LogP contribution in [-0.2, 0) is 16.4 Å². The van der Waals surface area contributed by atoms with Gasteiger partial charge in [-0.15, -0.1) is 0 Å². The highest BCUT2D eigenvalue weighted by molar-refractivity contribution is 9.10. The molecule has 0 saturated heterocycles. The highest BCUT2D eigenvalue weighted by atomic mass is 79.9. The third-order valence-electron chi connectivity index (χ3n) is 3.11. The zero-order valence-electron chi connectivity index (χ0n) is 11.5. The molecule has 0 spiro atoms. The Morgan fingerprint density at radius 1 is 1.47 bits per heavy atom. The van der Waals surface area contributed by atoms with Crippen LogP contribution in [0, 0.1) is 0 Å². The lowest BCUT2D eigenvalue weighted by Crippen LogP contribution is -2.44. The van der Waals surface area contributed by atoms with Gasteiger partial charge < -0.3 is 9.88 Å². The molecule has 0 fully saturated rings. The van der Waals surface area contributed by atoms with Crippen molar-refractivity contribution in [2.24, 2.45) is 0 Å². The molecule has 0 aliphatic heterocycles. The van der Waals surface area contributed by atoms with Crippen molar-refractivity contribution >= 4 is 31.7 Å². The van der Waals surface area contributed by atoms with Gasteiger partial charge in [0.15, 0.2) is 9.84 Å².